The summed E-state index contributed by atoms with van der Waals surface area (Å²) in [4.78, 5) is 27.1. The Morgan fingerprint density at radius 2 is 1.86 bits per heavy atom. The maximum absolute atomic E-state index is 13.0. The van der Waals surface area contributed by atoms with Crippen LogP contribution in [0.4, 0.5) is 18.9 Å². The van der Waals surface area contributed by atoms with E-state index in [1.54, 1.807) is 18.2 Å². The fourth-order valence-corrected chi connectivity index (χ4v) is 5.28. The lowest BCUT2D eigenvalue weighted by Gasteiger charge is -2.31. The van der Waals surface area contributed by atoms with Crippen LogP contribution in [0.25, 0.3) is 0 Å². The van der Waals surface area contributed by atoms with E-state index in [0.29, 0.717) is 36.1 Å². The molecule has 2 fully saturated rings. The summed E-state index contributed by atoms with van der Waals surface area (Å²) in [5.74, 6) is -0.0886. The van der Waals surface area contributed by atoms with E-state index in [1.807, 2.05) is 0 Å². The van der Waals surface area contributed by atoms with E-state index in [4.69, 9.17) is 4.74 Å². The van der Waals surface area contributed by atoms with Gasteiger partial charge < -0.3 is 20.7 Å². The monoisotopic (exact) mass is 509 g/mol. The third-order valence-corrected chi connectivity index (χ3v) is 7.53. The van der Waals surface area contributed by atoms with Gasteiger partial charge in [-0.1, -0.05) is 38.2 Å². The number of amides is 2. The third kappa shape index (κ3) is 7.20. The number of hydrogen-bond acceptors (Lipinski definition) is 5. The lowest BCUT2D eigenvalue weighted by atomic mass is 9.84. The van der Waals surface area contributed by atoms with E-state index in [9.17, 15) is 22.8 Å². The summed E-state index contributed by atoms with van der Waals surface area (Å²) in [7, 11) is 0. The molecule has 1 aromatic heterocycles. The number of thiophene rings is 1. The molecule has 1 aliphatic carbocycles. The summed E-state index contributed by atoms with van der Waals surface area (Å²) in [6, 6.07) is 7.83. The molecule has 6 nitrogen and oxygen atoms in total. The Balaban J connectivity index is 1.35. The molecule has 1 aromatic carbocycles. The van der Waals surface area contributed by atoms with E-state index >= 15 is 0 Å². The van der Waals surface area contributed by atoms with Gasteiger partial charge in [0, 0.05) is 17.1 Å². The summed E-state index contributed by atoms with van der Waals surface area (Å²) in [5.41, 5.74) is -0.368. The van der Waals surface area contributed by atoms with E-state index < -0.39 is 17.8 Å². The van der Waals surface area contributed by atoms with Crippen LogP contribution in [0.2, 0.25) is 0 Å². The topological polar surface area (TPSA) is 79.5 Å². The number of anilines is 1. The van der Waals surface area contributed by atoms with Gasteiger partial charge in [-0.25, -0.2) is 0 Å². The molecule has 0 spiro atoms. The van der Waals surface area contributed by atoms with E-state index in [0.717, 1.165) is 42.7 Å². The first-order valence-corrected chi connectivity index (χ1v) is 12.8. The van der Waals surface area contributed by atoms with E-state index in [-0.39, 0.29) is 24.4 Å². The van der Waals surface area contributed by atoms with Crippen LogP contribution in [0.3, 0.4) is 0 Å². The minimum Gasteiger partial charge on any atom is -0.380 e. The Hall–Kier alpha value is -2.59. The summed E-state index contributed by atoms with van der Waals surface area (Å²) >= 11 is 1.25. The zero-order valence-electron chi connectivity index (χ0n) is 19.3. The third-order valence-electron chi connectivity index (χ3n) is 6.44. The Morgan fingerprint density at radius 1 is 1.09 bits per heavy atom. The number of alkyl halides is 3. The highest BCUT2D eigenvalue weighted by molar-refractivity contribution is 7.14. The molecule has 35 heavy (non-hydrogen) atoms. The van der Waals surface area contributed by atoms with Gasteiger partial charge in [-0.2, -0.15) is 13.2 Å². The van der Waals surface area contributed by atoms with Crippen LogP contribution in [0.15, 0.2) is 36.4 Å². The Bertz CT molecular complexity index is 1020. The number of benzene rings is 1. The minimum atomic E-state index is -4.40. The molecule has 2 heterocycles. The molecule has 4 rings (SSSR count). The Kier molecular flexibility index (Phi) is 8.33. The molecule has 0 unspecified atom stereocenters. The van der Waals surface area contributed by atoms with Crippen molar-refractivity contribution in [3.05, 3.63) is 51.7 Å². The minimum absolute atomic E-state index is 0.0106. The van der Waals surface area contributed by atoms with E-state index in [2.05, 4.69) is 16.0 Å². The van der Waals surface area contributed by atoms with Crippen molar-refractivity contribution < 1.29 is 27.5 Å². The molecule has 3 N–H and O–H groups in total. The summed E-state index contributed by atoms with van der Waals surface area (Å²) in [5, 5.41) is 8.85. The number of hydrogen-bond donors (Lipinski definition) is 3. The van der Waals surface area contributed by atoms with Crippen LogP contribution >= 0.6 is 11.3 Å². The largest absolute Gasteiger partial charge is 0.416 e. The van der Waals surface area contributed by atoms with Crippen molar-refractivity contribution in [2.45, 2.75) is 63.3 Å². The van der Waals surface area contributed by atoms with Gasteiger partial charge in [-0.05, 0) is 42.7 Å². The SMILES string of the molecule is O=C(N[C@@H](CC1CCCCC1)C(=O)NC1COC1)c1ccc(CNc2cccc(C(F)(F)F)c2)s1. The number of nitrogens with one attached hydrogen (secondary N) is 3. The molecule has 10 heteroatoms. The van der Waals surface area contributed by atoms with Gasteiger partial charge in [0.1, 0.15) is 6.04 Å². The second kappa shape index (κ2) is 11.4. The molecule has 1 saturated heterocycles. The van der Waals surface area contributed by atoms with Crippen molar-refractivity contribution in [3.63, 3.8) is 0 Å². The molecule has 1 saturated carbocycles. The van der Waals surface area contributed by atoms with Crippen molar-refractivity contribution in [2.75, 3.05) is 18.5 Å². The van der Waals surface area contributed by atoms with Crippen molar-refractivity contribution >= 4 is 28.8 Å². The lowest BCUT2D eigenvalue weighted by molar-refractivity contribution is -0.137. The second-order valence-electron chi connectivity index (χ2n) is 9.21. The van der Waals surface area contributed by atoms with Crippen molar-refractivity contribution in [1.82, 2.24) is 10.6 Å². The summed E-state index contributed by atoms with van der Waals surface area (Å²) < 4.78 is 43.9. The number of rotatable bonds is 9. The normalized spacial score (nSPS) is 17.9. The fraction of sp³-hybridized carbons (Fsp3) is 0.520. The van der Waals surface area contributed by atoms with Gasteiger partial charge in [0.05, 0.1) is 29.7 Å². The molecule has 0 bridgehead atoms. The zero-order valence-corrected chi connectivity index (χ0v) is 20.1. The average molecular weight is 510 g/mol. The summed E-state index contributed by atoms with van der Waals surface area (Å²) in [6.45, 7) is 1.26. The van der Waals surface area contributed by atoms with Gasteiger partial charge in [0.2, 0.25) is 5.91 Å². The molecule has 190 valence electrons. The summed E-state index contributed by atoms with van der Waals surface area (Å²) in [6.07, 6.45) is 1.85. The van der Waals surface area contributed by atoms with Gasteiger partial charge in [-0.3, -0.25) is 9.59 Å². The van der Waals surface area contributed by atoms with Crippen molar-refractivity contribution in [3.8, 4) is 0 Å². The predicted octanol–water partition coefficient (Wildman–Crippen LogP) is 4.96. The Morgan fingerprint density at radius 3 is 2.54 bits per heavy atom. The standard InChI is InChI=1S/C25H30F3N3O3S/c26-25(27,28)17-7-4-8-18(12-17)29-13-20-9-10-22(35-20)24(33)31-21(11-16-5-2-1-3-6-16)23(32)30-19-14-34-15-19/h4,7-10,12,16,19,21,29H,1-3,5-6,11,13-15H2,(H,30,32)(H,31,33)/t21-/m0/s1. The number of carbonyl (C=O) groups excluding carboxylic acids is 2. The first-order valence-electron chi connectivity index (χ1n) is 12.0. The fourth-order valence-electron chi connectivity index (χ4n) is 4.43. The van der Waals surface area contributed by atoms with Crippen molar-refractivity contribution in [1.29, 1.82) is 0 Å². The highest BCUT2D eigenvalue weighted by Crippen LogP contribution is 2.31. The molecule has 0 radical (unpaired) electrons. The highest BCUT2D eigenvalue weighted by atomic mass is 32.1. The lowest BCUT2D eigenvalue weighted by Crippen LogP contribution is -2.55. The van der Waals surface area contributed by atoms with Gasteiger partial charge in [0.15, 0.2) is 0 Å². The number of carbonyl (C=O) groups is 2. The quantitative estimate of drug-likeness (QED) is 0.446. The molecular formula is C25H30F3N3O3S. The van der Waals surface area contributed by atoms with E-state index in [1.165, 1.54) is 23.8 Å². The van der Waals surface area contributed by atoms with Crippen LogP contribution in [0, 0.1) is 5.92 Å². The van der Waals surface area contributed by atoms with Gasteiger partial charge in [-0.15, -0.1) is 11.3 Å². The first-order chi connectivity index (χ1) is 16.8. The maximum atomic E-state index is 13.0. The highest BCUT2D eigenvalue weighted by Gasteiger charge is 2.31. The predicted molar refractivity (Wildman–Crippen MR) is 128 cm³/mol. The number of ether oxygens (including phenoxy) is 1. The van der Waals surface area contributed by atoms with Gasteiger partial charge in [0.25, 0.3) is 5.91 Å². The Labute approximate surface area is 206 Å². The van der Waals surface area contributed by atoms with Gasteiger partial charge >= 0.3 is 6.18 Å². The van der Waals surface area contributed by atoms with Crippen molar-refractivity contribution in [2.24, 2.45) is 5.92 Å². The molecule has 1 aliphatic heterocycles. The molecule has 1 atom stereocenters. The van der Waals surface area contributed by atoms with Crippen LogP contribution in [-0.4, -0.2) is 37.1 Å². The molecular weight excluding hydrogens is 479 g/mol. The second-order valence-corrected chi connectivity index (χ2v) is 10.4. The molecule has 2 aliphatic rings. The number of halogens is 3. The zero-order chi connectivity index (χ0) is 24.8. The molecule has 2 amide bonds. The van der Waals surface area contributed by atoms with Crippen LogP contribution < -0.4 is 16.0 Å². The smallest absolute Gasteiger partial charge is 0.380 e. The van der Waals surface area contributed by atoms with Crippen LogP contribution in [0.5, 0.6) is 0 Å². The molecule has 2 aromatic rings. The van der Waals surface area contributed by atoms with Crippen LogP contribution in [-0.2, 0) is 22.3 Å². The first kappa shape index (κ1) is 25.5. The average Bonchev–Trinajstić information content (AvgIpc) is 3.29. The maximum Gasteiger partial charge on any atom is 0.416 e. The van der Waals surface area contributed by atoms with Crippen LogP contribution in [0.1, 0.15) is 58.6 Å².